The van der Waals surface area contributed by atoms with Crippen LogP contribution in [-0.2, 0) is 18.8 Å². The molecule has 0 saturated carbocycles. The SMILES string of the molecule is CCc1nc(N2CCN(Cc3ccccc3)CC2)nc(CCl)c1C(=O)O. The molecule has 0 radical (unpaired) electrons. The molecule has 0 atom stereocenters. The summed E-state index contributed by atoms with van der Waals surface area (Å²) < 4.78 is 0. The van der Waals surface area contributed by atoms with Crippen molar-refractivity contribution in [1.29, 1.82) is 0 Å². The van der Waals surface area contributed by atoms with Crippen LogP contribution in [0.4, 0.5) is 5.95 Å². The molecule has 0 spiro atoms. The molecule has 0 aliphatic carbocycles. The van der Waals surface area contributed by atoms with E-state index in [0.29, 0.717) is 23.8 Å². The molecule has 3 rings (SSSR count). The summed E-state index contributed by atoms with van der Waals surface area (Å²) in [6.45, 7) is 6.27. The summed E-state index contributed by atoms with van der Waals surface area (Å²) in [5.41, 5.74) is 2.40. The molecule has 2 aromatic rings. The predicted molar refractivity (Wildman–Crippen MR) is 102 cm³/mol. The lowest BCUT2D eigenvalue weighted by Gasteiger charge is -2.35. The Kier molecular flexibility index (Phi) is 6.06. The number of carboxylic acid groups (broad SMARTS) is 1. The number of carbonyl (C=O) groups is 1. The molecule has 0 bridgehead atoms. The van der Waals surface area contributed by atoms with Crippen LogP contribution in [0.2, 0.25) is 0 Å². The van der Waals surface area contributed by atoms with Gasteiger partial charge in [0.25, 0.3) is 0 Å². The summed E-state index contributed by atoms with van der Waals surface area (Å²) in [7, 11) is 0. The molecule has 6 nitrogen and oxygen atoms in total. The summed E-state index contributed by atoms with van der Waals surface area (Å²) in [6, 6.07) is 10.4. The van der Waals surface area contributed by atoms with Gasteiger partial charge in [0.15, 0.2) is 0 Å². The third-order valence-electron chi connectivity index (χ3n) is 4.63. The number of hydrogen-bond acceptors (Lipinski definition) is 5. The van der Waals surface area contributed by atoms with E-state index in [1.807, 2.05) is 13.0 Å². The van der Waals surface area contributed by atoms with E-state index in [-0.39, 0.29) is 11.4 Å². The van der Waals surface area contributed by atoms with Crippen molar-refractivity contribution in [2.45, 2.75) is 25.8 Å². The number of alkyl halides is 1. The van der Waals surface area contributed by atoms with Crippen molar-refractivity contribution < 1.29 is 9.90 Å². The van der Waals surface area contributed by atoms with Crippen LogP contribution in [0.3, 0.4) is 0 Å². The largest absolute Gasteiger partial charge is 0.478 e. The summed E-state index contributed by atoms with van der Waals surface area (Å²) >= 11 is 5.95. The molecule has 1 aliphatic rings. The van der Waals surface area contributed by atoms with Crippen LogP contribution in [0.15, 0.2) is 30.3 Å². The average Bonchev–Trinajstić information content (AvgIpc) is 2.68. The molecule has 26 heavy (non-hydrogen) atoms. The number of nitrogens with zero attached hydrogens (tertiary/aromatic N) is 4. The Bertz CT molecular complexity index is 736. The number of benzene rings is 1. The van der Waals surface area contributed by atoms with Crippen molar-refractivity contribution in [2.24, 2.45) is 0 Å². The Morgan fingerprint density at radius 2 is 1.77 bits per heavy atom. The van der Waals surface area contributed by atoms with E-state index >= 15 is 0 Å². The van der Waals surface area contributed by atoms with Gasteiger partial charge in [-0.25, -0.2) is 14.8 Å². The maximum absolute atomic E-state index is 11.5. The van der Waals surface area contributed by atoms with Gasteiger partial charge < -0.3 is 10.0 Å². The van der Waals surface area contributed by atoms with Crippen molar-refractivity contribution in [3.63, 3.8) is 0 Å². The van der Waals surface area contributed by atoms with E-state index in [1.165, 1.54) is 5.56 Å². The zero-order valence-electron chi connectivity index (χ0n) is 14.9. The van der Waals surface area contributed by atoms with Gasteiger partial charge in [0, 0.05) is 32.7 Å². The fraction of sp³-hybridized carbons (Fsp3) is 0.421. The summed E-state index contributed by atoms with van der Waals surface area (Å²) in [5.74, 6) is -0.364. The third-order valence-corrected chi connectivity index (χ3v) is 4.88. The number of anilines is 1. The monoisotopic (exact) mass is 374 g/mol. The maximum atomic E-state index is 11.5. The minimum Gasteiger partial charge on any atom is -0.478 e. The number of aromatic carboxylic acids is 1. The van der Waals surface area contributed by atoms with Crippen LogP contribution in [0.5, 0.6) is 0 Å². The number of piperazine rings is 1. The van der Waals surface area contributed by atoms with E-state index in [2.05, 4.69) is 44.0 Å². The van der Waals surface area contributed by atoms with Crippen molar-refractivity contribution in [1.82, 2.24) is 14.9 Å². The van der Waals surface area contributed by atoms with Gasteiger partial charge in [-0.1, -0.05) is 37.3 Å². The Hall–Kier alpha value is -2.18. The second-order valence-electron chi connectivity index (χ2n) is 6.33. The van der Waals surface area contributed by atoms with Gasteiger partial charge in [-0.2, -0.15) is 0 Å². The minimum absolute atomic E-state index is 0.0676. The van der Waals surface area contributed by atoms with E-state index in [1.54, 1.807) is 0 Å². The number of aromatic nitrogens is 2. The van der Waals surface area contributed by atoms with Gasteiger partial charge in [-0.15, -0.1) is 11.6 Å². The predicted octanol–water partition coefficient (Wildman–Crippen LogP) is 2.80. The van der Waals surface area contributed by atoms with Crippen molar-refractivity contribution in [3.8, 4) is 0 Å². The second kappa shape index (κ2) is 8.47. The highest BCUT2D eigenvalue weighted by Gasteiger charge is 2.23. The number of halogens is 1. The fourth-order valence-electron chi connectivity index (χ4n) is 3.23. The lowest BCUT2D eigenvalue weighted by Crippen LogP contribution is -2.46. The molecule has 0 amide bonds. The molecule has 1 aromatic carbocycles. The van der Waals surface area contributed by atoms with Crippen LogP contribution < -0.4 is 4.90 Å². The lowest BCUT2D eigenvalue weighted by molar-refractivity contribution is 0.0693. The number of rotatable bonds is 6. The molecule has 1 fully saturated rings. The molecule has 0 unspecified atom stereocenters. The van der Waals surface area contributed by atoms with Crippen LogP contribution in [0.1, 0.15) is 34.2 Å². The highest BCUT2D eigenvalue weighted by atomic mass is 35.5. The van der Waals surface area contributed by atoms with Crippen molar-refractivity contribution >= 4 is 23.5 Å². The molecule has 2 heterocycles. The summed E-state index contributed by atoms with van der Waals surface area (Å²) in [6.07, 6.45) is 0.537. The first kappa shape index (κ1) is 18.6. The highest BCUT2D eigenvalue weighted by Crippen LogP contribution is 2.20. The van der Waals surface area contributed by atoms with E-state index in [9.17, 15) is 9.90 Å². The molecule has 1 saturated heterocycles. The number of aryl methyl sites for hydroxylation is 1. The van der Waals surface area contributed by atoms with Crippen molar-refractivity contribution in [3.05, 3.63) is 52.8 Å². The van der Waals surface area contributed by atoms with Crippen LogP contribution in [0, 0.1) is 0 Å². The molecular weight excluding hydrogens is 352 g/mol. The van der Waals surface area contributed by atoms with Crippen LogP contribution in [0.25, 0.3) is 0 Å². The Morgan fingerprint density at radius 3 is 2.35 bits per heavy atom. The first-order valence-electron chi connectivity index (χ1n) is 8.82. The first-order chi connectivity index (χ1) is 12.6. The highest BCUT2D eigenvalue weighted by molar-refractivity contribution is 6.17. The summed E-state index contributed by atoms with van der Waals surface area (Å²) in [4.78, 5) is 25.0. The second-order valence-corrected chi connectivity index (χ2v) is 6.60. The molecule has 1 aliphatic heterocycles. The number of carboxylic acids is 1. The van der Waals surface area contributed by atoms with E-state index < -0.39 is 5.97 Å². The van der Waals surface area contributed by atoms with Crippen LogP contribution >= 0.6 is 11.6 Å². The minimum atomic E-state index is -1.02. The summed E-state index contributed by atoms with van der Waals surface area (Å²) in [5, 5.41) is 9.43. The van der Waals surface area contributed by atoms with Crippen LogP contribution in [-0.4, -0.2) is 52.1 Å². The first-order valence-corrected chi connectivity index (χ1v) is 9.36. The zero-order chi connectivity index (χ0) is 18.5. The molecule has 7 heteroatoms. The standard InChI is InChI=1S/C19H23ClN4O2/c1-2-15-17(18(25)26)16(12-20)22-19(21-15)24-10-8-23(9-11-24)13-14-6-4-3-5-7-14/h3-7H,2,8-13H2,1H3,(H,25,26). The molecule has 1 N–H and O–H groups in total. The quantitative estimate of drug-likeness (QED) is 0.784. The van der Waals surface area contributed by atoms with Gasteiger partial charge in [0.1, 0.15) is 5.56 Å². The third kappa shape index (κ3) is 4.14. The van der Waals surface area contributed by atoms with E-state index in [0.717, 1.165) is 32.7 Å². The number of hydrogen-bond donors (Lipinski definition) is 1. The Balaban J connectivity index is 1.72. The van der Waals surface area contributed by atoms with Gasteiger partial charge in [-0.3, -0.25) is 4.90 Å². The molecular formula is C19H23ClN4O2. The van der Waals surface area contributed by atoms with Gasteiger partial charge in [-0.05, 0) is 12.0 Å². The van der Waals surface area contributed by atoms with E-state index in [4.69, 9.17) is 11.6 Å². The smallest absolute Gasteiger partial charge is 0.339 e. The average molecular weight is 375 g/mol. The Labute approximate surface area is 158 Å². The maximum Gasteiger partial charge on any atom is 0.339 e. The molecule has 138 valence electrons. The van der Waals surface area contributed by atoms with Gasteiger partial charge in [0.05, 0.1) is 17.3 Å². The normalized spacial score (nSPS) is 15.2. The fourth-order valence-corrected chi connectivity index (χ4v) is 3.43. The van der Waals surface area contributed by atoms with Crippen molar-refractivity contribution in [2.75, 3.05) is 31.1 Å². The lowest BCUT2D eigenvalue weighted by atomic mass is 10.1. The van der Waals surface area contributed by atoms with Gasteiger partial charge in [0.2, 0.25) is 5.95 Å². The molecule has 1 aromatic heterocycles. The Morgan fingerprint density at radius 1 is 1.12 bits per heavy atom. The zero-order valence-corrected chi connectivity index (χ0v) is 15.6. The van der Waals surface area contributed by atoms with Gasteiger partial charge >= 0.3 is 5.97 Å². The topological polar surface area (TPSA) is 69.6 Å².